The van der Waals surface area contributed by atoms with Crippen molar-refractivity contribution in [3.63, 3.8) is 0 Å². The van der Waals surface area contributed by atoms with Crippen LogP contribution in [0.1, 0.15) is 18.4 Å². The summed E-state index contributed by atoms with van der Waals surface area (Å²) >= 11 is 0. The van der Waals surface area contributed by atoms with Crippen molar-refractivity contribution >= 4 is 23.5 Å². The maximum absolute atomic E-state index is 11.1. The molecule has 0 unspecified atom stereocenters. The number of rotatable bonds is 6. The molecule has 0 radical (unpaired) electrons. The Morgan fingerprint density at radius 2 is 1.83 bits per heavy atom. The van der Waals surface area contributed by atoms with E-state index in [1.54, 1.807) is 0 Å². The first kappa shape index (κ1) is 15.4. The van der Waals surface area contributed by atoms with Gasteiger partial charge in [0.25, 0.3) is 0 Å². The zero-order valence-corrected chi connectivity index (χ0v) is 13.5. The third kappa shape index (κ3) is 3.47. The van der Waals surface area contributed by atoms with Gasteiger partial charge in [0.1, 0.15) is 0 Å². The molecule has 2 aromatic rings. The Hall–Kier alpha value is -2.49. The lowest BCUT2D eigenvalue weighted by molar-refractivity contribution is -0.105. The van der Waals surface area contributed by atoms with E-state index >= 15 is 0 Å². The quantitative estimate of drug-likeness (QED) is 0.830. The van der Waals surface area contributed by atoms with Crippen molar-refractivity contribution in [2.45, 2.75) is 19.4 Å². The predicted octanol–water partition coefficient (Wildman–Crippen LogP) is 3.49. The van der Waals surface area contributed by atoms with Gasteiger partial charge in [-0.1, -0.05) is 36.4 Å². The standard InChI is InChI=1S/C19H23N3O/c1-21(14-16-8-3-2-4-9-16)17-10-7-11-18(19(17)20-15-23)22-12-5-6-13-22/h2-4,7-11,15H,5-6,12-14H2,1H3,(H,20,23). The lowest BCUT2D eigenvalue weighted by Crippen LogP contribution is -2.22. The van der Waals surface area contributed by atoms with Gasteiger partial charge in [-0.2, -0.15) is 0 Å². The topological polar surface area (TPSA) is 35.6 Å². The van der Waals surface area contributed by atoms with E-state index in [9.17, 15) is 4.79 Å². The number of hydrogen-bond donors (Lipinski definition) is 1. The average molecular weight is 309 g/mol. The van der Waals surface area contributed by atoms with Crippen LogP contribution >= 0.6 is 0 Å². The molecule has 120 valence electrons. The van der Waals surface area contributed by atoms with Crippen LogP contribution < -0.4 is 15.1 Å². The van der Waals surface area contributed by atoms with E-state index in [1.165, 1.54) is 18.4 Å². The fourth-order valence-electron chi connectivity index (χ4n) is 3.22. The van der Waals surface area contributed by atoms with Gasteiger partial charge in [-0.3, -0.25) is 4.79 Å². The summed E-state index contributed by atoms with van der Waals surface area (Å²) in [6.45, 7) is 2.91. The van der Waals surface area contributed by atoms with Crippen LogP contribution in [0, 0.1) is 0 Å². The summed E-state index contributed by atoms with van der Waals surface area (Å²) in [7, 11) is 2.06. The number of carbonyl (C=O) groups is 1. The van der Waals surface area contributed by atoms with E-state index in [-0.39, 0.29) is 0 Å². The molecule has 0 saturated carbocycles. The molecular weight excluding hydrogens is 286 g/mol. The Morgan fingerprint density at radius 3 is 2.52 bits per heavy atom. The molecular formula is C19H23N3O. The van der Waals surface area contributed by atoms with E-state index < -0.39 is 0 Å². The second kappa shape index (κ2) is 7.18. The number of nitrogens with zero attached hydrogens (tertiary/aromatic N) is 2. The van der Waals surface area contributed by atoms with Crippen LogP contribution in [0.2, 0.25) is 0 Å². The summed E-state index contributed by atoms with van der Waals surface area (Å²) in [4.78, 5) is 15.7. The number of nitrogens with one attached hydrogen (secondary N) is 1. The first-order chi connectivity index (χ1) is 11.3. The SMILES string of the molecule is CN(Cc1ccccc1)c1cccc(N2CCCC2)c1NC=O. The van der Waals surface area contributed by atoms with E-state index in [4.69, 9.17) is 0 Å². The summed E-state index contributed by atoms with van der Waals surface area (Å²) in [6.07, 6.45) is 3.20. The van der Waals surface area contributed by atoms with Crippen LogP contribution in [0.3, 0.4) is 0 Å². The van der Waals surface area contributed by atoms with Gasteiger partial charge in [0, 0.05) is 26.7 Å². The lowest BCUT2D eigenvalue weighted by atomic mass is 10.1. The third-order valence-corrected chi connectivity index (χ3v) is 4.34. The van der Waals surface area contributed by atoms with Gasteiger partial charge in [-0.25, -0.2) is 0 Å². The van der Waals surface area contributed by atoms with Crippen LogP contribution in [0.25, 0.3) is 0 Å². The van der Waals surface area contributed by atoms with Crippen LogP contribution in [0.5, 0.6) is 0 Å². The first-order valence-electron chi connectivity index (χ1n) is 8.13. The second-order valence-corrected chi connectivity index (χ2v) is 5.97. The van der Waals surface area contributed by atoms with Gasteiger partial charge in [0.2, 0.25) is 6.41 Å². The van der Waals surface area contributed by atoms with Crippen LogP contribution in [0.4, 0.5) is 17.1 Å². The molecule has 0 atom stereocenters. The van der Waals surface area contributed by atoms with Crippen LogP contribution in [-0.4, -0.2) is 26.5 Å². The molecule has 0 spiro atoms. The molecule has 0 aromatic heterocycles. The van der Waals surface area contributed by atoms with E-state index in [1.807, 2.05) is 6.07 Å². The Labute approximate surface area is 137 Å². The van der Waals surface area contributed by atoms with E-state index in [2.05, 4.69) is 64.6 Å². The molecule has 4 nitrogen and oxygen atoms in total. The van der Waals surface area contributed by atoms with Crippen molar-refractivity contribution in [3.8, 4) is 0 Å². The maximum Gasteiger partial charge on any atom is 0.211 e. The second-order valence-electron chi connectivity index (χ2n) is 5.97. The van der Waals surface area contributed by atoms with Crippen molar-refractivity contribution in [1.29, 1.82) is 0 Å². The minimum absolute atomic E-state index is 0.773. The highest BCUT2D eigenvalue weighted by atomic mass is 16.1. The highest BCUT2D eigenvalue weighted by Crippen LogP contribution is 2.37. The molecule has 1 aliphatic rings. The lowest BCUT2D eigenvalue weighted by Gasteiger charge is -2.27. The summed E-state index contributed by atoms with van der Waals surface area (Å²) in [6, 6.07) is 16.6. The zero-order chi connectivity index (χ0) is 16.1. The summed E-state index contributed by atoms with van der Waals surface area (Å²) in [5.41, 5.74) is 4.32. The minimum atomic E-state index is 0.773. The minimum Gasteiger partial charge on any atom is -0.370 e. The number of benzene rings is 2. The largest absolute Gasteiger partial charge is 0.370 e. The van der Waals surface area contributed by atoms with Gasteiger partial charge in [-0.05, 0) is 30.5 Å². The molecule has 0 bridgehead atoms. The molecule has 2 aromatic carbocycles. The number of carbonyl (C=O) groups excluding carboxylic acids is 1. The van der Waals surface area contributed by atoms with Gasteiger partial charge in [-0.15, -0.1) is 0 Å². The van der Waals surface area contributed by atoms with Crippen molar-refractivity contribution < 1.29 is 4.79 Å². The summed E-state index contributed by atoms with van der Waals surface area (Å²) in [5.74, 6) is 0. The van der Waals surface area contributed by atoms with Gasteiger partial charge >= 0.3 is 0 Å². The number of anilines is 3. The fraction of sp³-hybridized carbons (Fsp3) is 0.316. The summed E-state index contributed by atoms with van der Waals surface area (Å²) in [5, 5.41) is 2.92. The predicted molar refractivity (Wildman–Crippen MR) is 96.1 cm³/mol. The van der Waals surface area contributed by atoms with Gasteiger partial charge < -0.3 is 15.1 Å². The fourth-order valence-corrected chi connectivity index (χ4v) is 3.22. The molecule has 1 saturated heterocycles. The van der Waals surface area contributed by atoms with Crippen LogP contribution in [0.15, 0.2) is 48.5 Å². The third-order valence-electron chi connectivity index (χ3n) is 4.34. The molecule has 4 heteroatoms. The first-order valence-corrected chi connectivity index (χ1v) is 8.13. The van der Waals surface area contributed by atoms with E-state index in [0.717, 1.165) is 43.1 Å². The molecule has 1 heterocycles. The van der Waals surface area contributed by atoms with E-state index in [0.29, 0.717) is 0 Å². The molecule has 1 fully saturated rings. The zero-order valence-electron chi connectivity index (χ0n) is 13.5. The number of hydrogen-bond acceptors (Lipinski definition) is 3. The highest BCUT2D eigenvalue weighted by Gasteiger charge is 2.19. The van der Waals surface area contributed by atoms with Crippen LogP contribution in [-0.2, 0) is 11.3 Å². The normalized spacial score (nSPS) is 13.9. The maximum atomic E-state index is 11.1. The Morgan fingerprint density at radius 1 is 1.09 bits per heavy atom. The Bertz CT molecular complexity index is 651. The Balaban J connectivity index is 1.90. The molecule has 3 rings (SSSR count). The number of amides is 1. The molecule has 1 amide bonds. The molecule has 23 heavy (non-hydrogen) atoms. The average Bonchev–Trinajstić information content (AvgIpc) is 3.10. The highest BCUT2D eigenvalue weighted by molar-refractivity contribution is 5.91. The Kier molecular flexibility index (Phi) is 4.81. The molecule has 1 N–H and O–H groups in total. The summed E-state index contributed by atoms with van der Waals surface area (Å²) < 4.78 is 0. The molecule has 1 aliphatic heterocycles. The molecule has 0 aliphatic carbocycles. The monoisotopic (exact) mass is 309 g/mol. The van der Waals surface area contributed by atoms with Gasteiger partial charge in [0.15, 0.2) is 0 Å². The van der Waals surface area contributed by atoms with Crippen molar-refractivity contribution in [2.24, 2.45) is 0 Å². The number of para-hydroxylation sites is 1. The van der Waals surface area contributed by atoms with Crippen molar-refractivity contribution in [2.75, 3.05) is 35.3 Å². The van der Waals surface area contributed by atoms with Gasteiger partial charge in [0.05, 0.1) is 17.1 Å². The van der Waals surface area contributed by atoms with Crippen molar-refractivity contribution in [1.82, 2.24) is 0 Å². The smallest absolute Gasteiger partial charge is 0.211 e. The van der Waals surface area contributed by atoms with Crippen molar-refractivity contribution in [3.05, 3.63) is 54.1 Å².